The summed E-state index contributed by atoms with van der Waals surface area (Å²) in [6.07, 6.45) is 5.05. The predicted octanol–water partition coefficient (Wildman–Crippen LogP) is 6.69. The average molecular weight is 552 g/mol. The number of ether oxygens (including phenoxy) is 2. The summed E-state index contributed by atoms with van der Waals surface area (Å²) in [5, 5.41) is 12.9. The monoisotopic (exact) mass is 551 g/mol. The van der Waals surface area contributed by atoms with Crippen LogP contribution in [-0.2, 0) is 14.3 Å². The molecule has 0 heterocycles. The maximum Gasteiger partial charge on any atom is 0.308 e. The van der Waals surface area contributed by atoms with Gasteiger partial charge in [-0.25, -0.2) is 4.39 Å². The second-order valence-electron chi connectivity index (χ2n) is 10.4. The predicted molar refractivity (Wildman–Crippen MR) is 156 cm³/mol. The minimum Gasteiger partial charge on any atom is -0.493 e. The van der Waals surface area contributed by atoms with Gasteiger partial charge in [-0.1, -0.05) is 12.2 Å². The number of halogens is 1. The van der Waals surface area contributed by atoms with E-state index in [-0.39, 0.29) is 30.9 Å². The van der Waals surface area contributed by atoms with Crippen molar-refractivity contribution in [2.24, 2.45) is 0 Å². The van der Waals surface area contributed by atoms with E-state index in [0.717, 1.165) is 53.5 Å². The molecule has 0 radical (unpaired) electrons. The number of benzene rings is 2. The van der Waals surface area contributed by atoms with Crippen LogP contribution in [0.15, 0.2) is 43.5 Å². The Labute approximate surface area is 237 Å². The van der Waals surface area contributed by atoms with Gasteiger partial charge in [-0.3, -0.25) is 9.59 Å². The van der Waals surface area contributed by atoms with E-state index in [0.29, 0.717) is 17.9 Å². The minimum absolute atomic E-state index is 0.0300. The molecule has 2 aromatic carbocycles. The second-order valence-corrected chi connectivity index (χ2v) is 10.4. The van der Waals surface area contributed by atoms with Gasteiger partial charge in [0.2, 0.25) is 5.91 Å². The summed E-state index contributed by atoms with van der Waals surface area (Å²) < 4.78 is 27.5. The van der Waals surface area contributed by atoms with Crippen LogP contribution in [0.3, 0.4) is 0 Å². The van der Waals surface area contributed by atoms with E-state index >= 15 is 4.39 Å². The fourth-order valence-electron chi connectivity index (χ4n) is 4.85. The summed E-state index contributed by atoms with van der Waals surface area (Å²) in [5.41, 5.74) is 5.57. The van der Waals surface area contributed by atoms with Crippen molar-refractivity contribution in [1.29, 1.82) is 0 Å². The molecule has 2 atom stereocenters. The lowest BCUT2D eigenvalue weighted by atomic mass is 9.88. The van der Waals surface area contributed by atoms with Crippen LogP contribution < -0.4 is 10.1 Å². The minimum atomic E-state index is -1.37. The van der Waals surface area contributed by atoms with E-state index in [1.807, 2.05) is 39.0 Å². The SMILES string of the molecule is C=CCCCOc1cc(C)c(C)c(C)c1-c1cc(C2CC2)c(F)c([C@H](CC(=O)OCC)NC(=O)[C@H](O)CC=C)c1. The highest BCUT2D eigenvalue weighted by molar-refractivity contribution is 5.83. The molecule has 7 heteroatoms. The molecule has 40 heavy (non-hydrogen) atoms. The molecular weight excluding hydrogens is 509 g/mol. The largest absolute Gasteiger partial charge is 0.493 e. The summed E-state index contributed by atoms with van der Waals surface area (Å²) in [6, 6.07) is 4.54. The number of carbonyl (C=O) groups excluding carboxylic acids is 2. The smallest absolute Gasteiger partial charge is 0.308 e. The normalized spacial score (nSPS) is 14.2. The molecule has 1 aliphatic carbocycles. The zero-order valence-corrected chi connectivity index (χ0v) is 24.1. The molecule has 6 nitrogen and oxygen atoms in total. The van der Waals surface area contributed by atoms with Gasteiger partial charge in [0.05, 0.1) is 25.7 Å². The highest BCUT2D eigenvalue weighted by atomic mass is 19.1. The fraction of sp³-hybridized carbons (Fsp3) is 0.455. The zero-order valence-electron chi connectivity index (χ0n) is 24.1. The number of esters is 1. The lowest BCUT2D eigenvalue weighted by Crippen LogP contribution is -2.38. The number of allylic oxidation sites excluding steroid dienone is 1. The molecule has 0 saturated heterocycles. The first kappa shape index (κ1) is 31.1. The highest BCUT2D eigenvalue weighted by Crippen LogP contribution is 2.46. The van der Waals surface area contributed by atoms with E-state index in [2.05, 4.69) is 18.5 Å². The maximum absolute atomic E-state index is 16.2. The van der Waals surface area contributed by atoms with Crippen LogP contribution in [0.4, 0.5) is 4.39 Å². The van der Waals surface area contributed by atoms with Crippen molar-refractivity contribution >= 4 is 11.9 Å². The third-order valence-corrected chi connectivity index (χ3v) is 7.43. The molecule has 1 amide bonds. The standard InChI is InChI=1S/C33H42FNO5/c1-7-10-11-15-40-29-16-20(4)21(5)22(6)31(29)24-17-25(23-13-14-23)32(34)26(18-24)27(19-30(37)39-9-3)35-33(38)28(36)12-8-2/h7-8,16-18,23,27-28,36H,1-2,9-15,19H2,3-6H3,(H,35,38)/t27-,28+/m0/s1. The molecule has 0 aliphatic heterocycles. The summed E-state index contributed by atoms with van der Waals surface area (Å²) in [6.45, 7) is 15.8. The summed E-state index contributed by atoms with van der Waals surface area (Å²) >= 11 is 0. The lowest BCUT2D eigenvalue weighted by Gasteiger charge is -2.24. The highest BCUT2D eigenvalue weighted by Gasteiger charge is 2.33. The molecule has 216 valence electrons. The van der Waals surface area contributed by atoms with Gasteiger partial charge in [-0.2, -0.15) is 0 Å². The van der Waals surface area contributed by atoms with Crippen LogP contribution in [0.25, 0.3) is 11.1 Å². The van der Waals surface area contributed by atoms with Gasteiger partial charge in [0.25, 0.3) is 0 Å². The molecule has 1 fully saturated rings. The van der Waals surface area contributed by atoms with Gasteiger partial charge in [0.15, 0.2) is 0 Å². The van der Waals surface area contributed by atoms with Crippen molar-refractivity contribution in [3.63, 3.8) is 0 Å². The number of amides is 1. The maximum atomic E-state index is 16.2. The van der Waals surface area contributed by atoms with Gasteiger partial charge in [0, 0.05) is 17.5 Å². The van der Waals surface area contributed by atoms with Crippen molar-refractivity contribution in [2.75, 3.05) is 13.2 Å². The number of aliphatic hydroxyl groups excluding tert-OH is 1. The molecule has 2 aromatic rings. The number of hydrogen-bond acceptors (Lipinski definition) is 5. The summed E-state index contributed by atoms with van der Waals surface area (Å²) in [7, 11) is 0. The molecule has 0 bridgehead atoms. The Morgan fingerprint density at radius 1 is 1.15 bits per heavy atom. The van der Waals surface area contributed by atoms with Crippen molar-refractivity contribution in [3.8, 4) is 16.9 Å². The Kier molecular flexibility index (Phi) is 11.1. The number of aliphatic hydroxyl groups is 1. The molecule has 0 aromatic heterocycles. The Morgan fingerprint density at radius 2 is 1.88 bits per heavy atom. The Bertz CT molecular complexity index is 1250. The van der Waals surface area contributed by atoms with Crippen LogP contribution in [0.2, 0.25) is 0 Å². The molecule has 0 spiro atoms. The number of unbranched alkanes of at least 4 members (excludes halogenated alkanes) is 1. The first-order valence-electron chi connectivity index (χ1n) is 14.1. The summed E-state index contributed by atoms with van der Waals surface area (Å²) in [4.78, 5) is 25.4. The second kappa shape index (κ2) is 14.3. The van der Waals surface area contributed by atoms with Crippen LogP contribution in [0.5, 0.6) is 5.75 Å². The van der Waals surface area contributed by atoms with Gasteiger partial charge in [0.1, 0.15) is 17.7 Å². The third-order valence-electron chi connectivity index (χ3n) is 7.43. The first-order chi connectivity index (χ1) is 19.1. The lowest BCUT2D eigenvalue weighted by molar-refractivity contribution is -0.144. The van der Waals surface area contributed by atoms with Crippen LogP contribution in [0.1, 0.15) is 85.2 Å². The number of nitrogens with one attached hydrogen (secondary N) is 1. The fourth-order valence-corrected chi connectivity index (χ4v) is 4.85. The van der Waals surface area contributed by atoms with E-state index in [1.165, 1.54) is 6.08 Å². The van der Waals surface area contributed by atoms with Gasteiger partial charge in [-0.15, -0.1) is 13.2 Å². The molecule has 3 rings (SSSR count). The number of aryl methyl sites for hydroxylation is 1. The van der Waals surface area contributed by atoms with E-state index < -0.39 is 29.8 Å². The number of hydrogen-bond donors (Lipinski definition) is 2. The Morgan fingerprint density at radius 3 is 2.50 bits per heavy atom. The zero-order chi connectivity index (χ0) is 29.4. The molecule has 1 saturated carbocycles. The molecular formula is C33H42FNO5. The quantitative estimate of drug-likeness (QED) is 0.146. The van der Waals surface area contributed by atoms with Gasteiger partial charge >= 0.3 is 5.97 Å². The van der Waals surface area contributed by atoms with Crippen molar-refractivity contribution in [3.05, 3.63) is 77.1 Å². The van der Waals surface area contributed by atoms with Crippen LogP contribution >= 0.6 is 0 Å². The Balaban J connectivity index is 2.17. The van der Waals surface area contributed by atoms with E-state index in [4.69, 9.17) is 9.47 Å². The van der Waals surface area contributed by atoms with Crippen LogP contribution in [0, 0.1) is 26.6 Å². The number of carbonyl (C=O) groups is 2. The molecule has 0 unspecified atom stereocenters. The van der Waals surface area contributed by atoms with E-state index in [1.54, 1.807) is 13.0 Å². The van der Waals surface area contributed by atoms with Crippen LogP contribution in [-0.4, -0.2) is 36.3 Å². The van der Waals surface area contributed by atoms with Crippen molar-refractivity contribution in [1.82, 2.24) is 5.32 Å². The average Bonchev–Trinajstić information content (AvgIpc) is 3.75. The Hall–Kier alpha value is -3.45. The van der Waals surface area contributed by atoms with Gasteiger partial charge < -0.3 is 19.9 Å². The van der Waals surface area contributed by atoms with Gasteiger partial charge in [-0.05, 0) is 105 Å². The molecule has 1 aliphatic rings. The van der Waals surface area contributed by atoms with Crippen molar-refractivity contribution < 1.29 is 28.6 Å². The topological polar surface area (TPSA) is 84.9 Å². The number of rotatable bonds is 15. The molecule has 2 N–H and O–H groups in total. The van der Waals surface area contributed by atoms with Crippen molar-refractivity contribution in [2.45, 2.75) is 84.3 Å². The van der Waals surface area contributed by atoms with E-state index in [9.17, 15) is 14.7 Å². The first-order valence-corrected chi connectivity index (χ1v) is 14.1. The third kappa shape index (κ3) is 7.60. The summed E-state index contributed by atoms with van der Waals surface area (Å²) in [5.74, 6) is -0.962.